The summed E-state index contributed by atoms with van der Waals surface area (Å²) in [5, 5.41) is 4.66. The van der Waals surface area contributed by atoms with E-state index in [4.69, 9.17) is 4.74 Å². The van der Waals surface area contributed by atoms with Gasteiger partial charge in [0.25, 0.3) is 5.91 Å². The number of nitrogens with one attached hydrogen (secondary N) is 1. The van der Waals surface area contributed by atoms with Crippen LogP contribution >= 0.6 is 11.3 Å². The van der Waals surface area contributed by atoms with E-state index in [1.807, 2.05) is 5.38 Å². The second kappa shape index (κ2) is 8.28. The molecule has 0 saturated heterocycles. The van der Waals surface area contributed by atoms with E-state index in [1.54, 1.807) is 36.7 Å². The maximum absolute atomic E-state index is 12.2. The van der Waals surface area contributed by atoms with Gasteiger partial charge in [0.05, 0.1) is 24.7 Å². The molecule has 1 atom stereocenters. The third-order valence-corrected chi connectivity index (χ3v) is 3.68. The summed E-state index contributed by atoms with van der Waals surface area (Å²) in [6, 6.07) is 6.56. The van der Waals surface area contributed by atoms with Crippen LogP contribution in [0.5, 0.6) is 5.75 Å². The van der Waals surface area contributed by atoms with Crippen molar-refractivity contribution in [1.29, 1.82) is 0 Å². The predicted molar refractivity (Wildman–Crippen MR) is 86.4 cm³/mol. The minimum atomic E-state index is -0.363. The Bertz CT molecular complexity index is 658. The molecule has 7 heteroatoms. The van der Waals surface area contributed by atoms with Crippen LogP contribution in [0.15, 0.2) is 35.2 Å². The summed E-state index contributed by atoms with van der Waals surface area (Å²) in [6.45, 7) is 2.10. The van der Waals surface area contributed by atoms with Crippen molar-refractivity contribution in [1.82, 2.24) is 10.3 Å². The van der Waals surface area contributed by atoms with Gasteiger partial charge in [-0.25, -0.2) is 4.98 Å². The number of carbonyl (C=O) groups excluding carboxylic acids is 2. The molecular weight excluding hydrogens is 316 g/mol. The number of aromatic nitrogens is 1. The fourth-order valence-corrected chi connectivity index (χ4v) is 2.43. The van der Waals surface area contributed by atoms with Crippen LogP contribution < -0.4 is 10.1 Å². The maximum Gasteiger partial charge on any atom is 0.307 e. The van der Waals surface area contributed by atoms with Gasteiger partial charge in [0.15, 0.2) is 0 Å². The Hall–Kier alpha value is -2.41. The first-order valence-corrected chi connectivity index (χ1v) is 8.00. The summed E-state index contributed by atoms with van der Waals surface area (Å²) in [4.78, 5) is 27.5. The Kier molecular flexibility index (Phi) is 6.10. The molecule has 1 unspecified atom stereocenters. The quantitative estimate of drug-likeness (QED) is 0.787. The third-order valence-electron chi connectivity index (χ3n) is 3.04. The van der Waals surface area contributed by atoms with Crippen molar-refractivity contribution in [3.63, 3.8) is 0 Å². The van der Waals surface area contributed by atoms with E-state index < -0.39 is 0 Å². The highest BCUT2D eigenvalue weighted by atomic mass is 32.1. The third kappa shape index (κ3) is 5.37. The van der Waals surface area contributed by atoms with E-state index in [9.17, 15) is 9.59 Å². The van der Waals surface area contributed by atoms with Crippen LogP contribution in [-0.4, -0.2) is 30.0 Å². The van der Waals surface area contributed by atoms with Crippen LogP contribution in [0.25, 0.3) is 0 Å². The van der Waals surface area contributed by atoms with Gasteiger partial charge in [0, 0.05) is 17.0 Å². The van der Waals surface area contributed by atoms with Gasteiger partial charge in [-0.2, -0.15) is 0 Å². The number of methoxy groups -OCH3 is 1. The zero-order valence-electron chi connectivity index (χ0n) is 12.9. The Morgan fingerprint density at radius 2 is 2.22 bits per heavy atom. The second-order valence-corrected chi connectivity index (χ2v) is 5.67. The van der Waals surface area contributed by atoms with Crippen molar-refractivity contribution >= 4 is 23.2 Å². The number of ether oxygens (including phenoxy) is 2. The van der Waals surface area contributed by atoms with Crippen molar-refractivity contribution in [2.24, 2.45) is 0 Å². The molecule has 0 bridgehead atoms. The van der Waals surface area contributed by atoms with Gasteiger partial charge >= 0.3 is 5.97 Å². The summed E-state index contributed by atoms with van der Waals surface area (Å²) < 4.78 is 10.2. The normalized spacial score (nSPS) is 11.6. The van der Waals surface area contributed by atoms with Crippen LogP contribution in [0.1, 0.15) is 29.4 Å². The first-order valence-electron chi connectivity index (χ1n) is 7.06. The van der Waals surface area contributed by atoms with Gasteiger partial charge in [-0.1, -0.05) is 6.07 Å². The minimum absolute atomic E-state index is 0.127. The molecule has 0 aliphatic heterocycles. The molecule has 1 aromatic heterocycles. The van der Waals surface area contributed by atoms with E-state index >= 15 is 0 Å². The van der Waals surface area contributed by atoms with E-state index in [0.29, 0.717) is 17.9 Å². The number of amides is 1. The van der Waals surface area contributed by atoms with Crippen LogP contribution in [0, 0.1) is 0 Å². The van der Waals surface area contributed by atoms with Crippen LogP contribution in [0.2, 0.25) is 0 Å². The molecule has 1 heterocycles. The molecule has 0 aliphatic carbocycles. The van der Waals surface area contributed by atoms with E-state index in [2.05, 4.69) is 15.0 Å². The number of thiazole rings is 1. The summed E-state index contributed by atoms with van der Waals surface area (Å²) in [6.07, 6.45) is 0.127. The average molecular weight is 334 g/mol. The van der Waals surface area contributed by atoms with Gasteiger partial charge in [-0.05, 0) is 25.1 Å². The highest BCUT2D eigenvalue weighted by Crippen LogP contribution is 2.15. The molecule has 6 nitrogen and oxygen atoms in total. The Morgan fingerprint density at radius 3 is 2.91 bits per heavy atom. The number of rotatable bonds is 7. The molecule has 2 rings (SSSR count). The largest absolute Gasteiger partial charge is 0.487 e. The molecule has 0 saturated carbocycles. The molecule has 1 N–H and O–H groups in total. The number of esters is 1. The number of benzene rings is 1. The van der Waals surface area contributed by atoms with Crippen molar-refractivity contribution in [3.05, 3.63) is 46.4 Å². The lowest BCUT2D eigenvalue weighted by Gasteiger charge is -2.13. The summed E-state index contributed by atoms with van der Waals surface area (Å²) in [5.41, 5.74) is 3.06. The van der Waals surface area contributed by atoms with Crippen molar-refractivity contribution < 1.29 is 19.1 Å². The van der Waals surface area contributed by atoms with Gasteiger partial charge in [-0.3, -0.25) is 9.59 Å². The van der Waals surface area contributed by atoms with Gasteiger partial charge in [-0.15, -0.1) is 11.3 Å². The maximum atomic E-state index is 12.2. The summed E-state index contributed by atoms with van der Waals surface area (Å²) in [5.74, 6) is -0.0371. The molecule has 0 spiro atoms. The Balaban J connectivity index is 1.92. The minimum Gasteiger partial charge on any atom is -0.487 e. The van der Waals surface area contributed by atoms with Crippen molar-refractivity contribution in [2.75, 3.05) is 7.11 Å². The number of hydrogen-bond acceptors (Lipinski definition) is 6. The fraction of sp³-hybridized carbons (Fsp3) is 0.312. The highest BCUT2D eigenvalue weighted by molar-refractivity contribution is 7.07. The smallest absolute Gasteiger partial charge is 0.307 e. The Labute approximate surface area is 138 Å². The standard InChI is InChI=1S/C16H18N2O4S/c1-11(6-15(19)21-2)18-16(20)12-4-3-5-14(7-12)22-8-13-9-23-10-17-13/h3-5,7,9-11H,6,8H2,1-2H3,(H,18,20). The SMILES string of the molecule is COC(=O)CC(C)NC(=O)c1cccc(OCc2cscn2)c1. The lowest BCUT2D eigenvalue weighted by molar-refractivity contribution is -0.141. The molecule has 0 fully saturated rings. The lowest BCUT2D eigenvalue weighted by Crippen LogP contribution is -2.34. The highest BCUT2D eigenvalue weighted by Gasteiger charge is 2.14. The molecule has 122 valence electrons. The zero-order chi connectivity index (χ0) is 16.7. The molecule has 2 aromatic rings. The molecule has 23 heavy (non-hydrogen) atoms. The van der Waals surface area contributed by atoms with Gasteiger partial charge < -0.3 is 14.8 Å². The van der Waals surface area contributed by atoms with Gasteiger partial charge in [0.2, 0.25) is 0 Å². The van der Waals surface area contributed by atoms with E-state index in [-0.39, 0.29) is 24.3 Å². The zero-order valence-corrected chi connectivity index (χ0v) is 13.8. The van der Waals surface area contributed by atoms with Crippen LogP contribution in [0.4, 0.5) is 0 Å². The molecule has 0 aliphatic rings. The van der Waals surface area contributed by atoms with Crippen LogP contribution in [-0.2, 0) is 16.1 Å². The average Bonchev–Trinajstić information content (AvgIpc) is 3.06. The molecule has 0 radical (unpaired) electrons. The van der Waals surface area contributed by atoms with Crippen LogP contribution in [0.3, 0.4) is 0 Å². The fourth-order valence-electron chi connectivity index (χ4n) is 1.88. The van der Waals surface area contributed by atoms with E-state index in [0.717, 1.165) is 5.69 Å². The monoisotopic (exact) mass is 334 g/mol. The number of hydrogen-bond donors (Lipinski definition) is 1. The van der Waals surface area contributed by atoms with Crippen molar-refractivity contribution in [3.8, 4) is 5.75 Å². The summed E-state index contributed by atoms with van der Waals surface area (Å²) >= 11 is 1.50. The molecule has 1 aromatic carbocycles. The Morgan fingerprint density at radius 1 is 1.39 bits per heavy atom. The topological polar surface area (TPSA) is 77.5 Å². The molecule has 1 amide bonds. The molecular formula is C16H18N2O4S. The first kappa shape index (κ1) is 17.0. The summed E-state index contributed by atoms with van der Waals surface area (Å²) in [7, 11) is 1.32. The number of carbonyl (C=O) groups is 2. The van der Waals surface area contributed by atoms with Crippen molar-refractivity contribution in [2.45, 2.75) is 26.0 Å². The lowest BCUT2D eigenvalue weighted by atomic mass is 10.1. The second-order valence-electron chi connectivity index (χ2n) is 4.95. The first-order chi connectivity index (χ1) is 11.1. The van der Waals surface area contributed by atoms with E-state index in [1.165, 1.54) is 18.4 Å². The number of nitrogens with zero attached hydrogens (tertiary/aromatic N) is 1. The van der Waals surface area contributed by atoms with Gasteiger partial charge in [0.1, 0.15) is 12.4 Å². The predicted octanol–water partition coefficient (Wildman–Crippen LogP) is 2.40.